The Hall–Kier alpha value is -3.95. The molecule has 0 atom stereocenters. The van der Waals surface area contributed by atoms with E-state index in [1.54, 1.807) is 0 Å². The van der Waals surface area contributed by atoms with Gasteiger partial charge in [-0.15, -0.1) is 0 Å². The molecule has 0 aliphatic rings. The molecule has 0 radical (unpaired) electrons. The van der Waals surface area contributed by atoms with Gasteiger partial charge in [-0.1, -0.05) is 12.1 Å². The smallest absolute Gasteiger partial charge is 0.416 e. The Morgan fingerprint density at radius 1 is 1.13 bits per heavy atom. The van der Waals surface area contributed by atoms with E-state index >= 15 is 0 Å². The fourth-order valence-electron chi connectivity index (χ4n) is 3.15. The minimum absolute atomic E-state index is 0.00726. The number of hydrogen-bond acceptors (Lipinski definition) is 3. The van der Waals surface area contributed by atoms with Crippen molar-refractivity contribution in [3.63, 3.8) is 0 Å². The Morgan fingerprint density at radius 3 is 2.58 bits per heavy atom. The van der Waals surface area contributed by atoms with Crippen LogP contribution in [0.2, 0.25) is 0 Å². The van der Waals surface area contributed by atoms with Crippen molar-refractivity contribution in [2.45, 2.75) is 12.7 Å². The Bertz CT molecular complexity index is 1270. The maximum absolute atomic E-state index is 13.2. The molecule has 31 heavy (non-hydrogen) atoms. The van der Waals surface area contributed by atoms with Crippen LogP contribution in [0.5, 0.6) is 0 Å². The molecule has 0 unspecified atom stereocenters. The lowest BCUT2D eigenvalue weighted by atomic mass is 10.1. The van der Waals surface area contributed by atoms with E-state index in [-0.39, 0.29) is 17.7 Å². The van der Waals surface area contributed by atoms with Crippen molar-refractivity contribution in [1.82, 2.24) is 15.1 Å². The van der Waals surface area contributed by atoms with E-state index in [0.29, 0.717) is 21.3 Å². The third kappa shape index (κ3) is 4.18. The predicted octanol–water partition coefficient (Wildman–Crippen LogP) is 3.75. The number of alkyl halides is 3. The first-order chi connectivity index (χ1) is 14.7. The number of nitrogens with one attached hydrogen (secondary N) is 1. The number of nitrogens with zero attached hydrogens (tertiary/aromatic N) is 3. The molecule has 2 aromatic carbocycles. The molecule has 0 aliphatic carbocycles. The van der Waals surface area contributed by atoms with Crippen LogP contribution < -0.4 is 10.0 Å². The second-order valence-electron chi connectivity index (χ2n) is 6.74. The van der Waals surface area contributed by atoms with E-state index in [4.69, 9.17) is 0 Å². The molecule has 0 bridgehead atoms. The lowest BCUT2D eigenvalue weighted by Gasteiger charge is -2.10. The van der Waals surface area contributed by atoms with Crippen molar-refractivity contribution in [2.75, 3.05) is 0 Å². The van der Waals surface area contributed by atoms with Crippen molar-refractivity contribution in [3.05, 3.63) is 94.8 Å². The van der Waals surface area contributed by atoms with Gasteiger partial charge < -0.3 is 10.5 Å². The largest absolute Gasteiger partial charge is 0.619 e. The Balaban J connectivity index is 1.62. The highest BCUT2D eigenvalue weighted by atomic mass is 19.4. The van der Waals surface area contributed by atoms with Crippen molar-refractivity contribution in [2.24, 2.45) is 0 Å². The fourth-order valence-corrected chi connectivity index (χ4v) is 3.15. The summed E-state index contributed by atoms with van der Waals surface area (Å²) >= 11 is 0. The van der Waals surface area contributed by atoms with Gasteiger partial charge in [-0.25, -0.2) is 9.07 Å². The summed E-state index contributed by atoms with van der Waals surface area (Å²) in [7, 11) is 0. The summed E-state index contributed by atoms with van der Waals surface area (Å²) in [5.41, 5.74) is 0.241. The quantitative estimate of drug-likeness (QED) is 0.305. The van der Waals surface area contributed by atoms with Crippen LogP contribution in [-0.4, -0.2) is 15.7 Å². The van der Waals surface area contributed by atoms with Crippen LogP contribution in [-0.2, 0) is 12.7 Å². The topological polar surface area (TPSA) is 73.9 Å². The Labute approximate surface area is 172 Å². The zero-order valence-corrected chi connectivity index (χ0v) is 15.7. The molecule has 0 saturated heterocycles. The number of hydrogen-bond donors (Lipinski definition) is 1. The number of amides is 1. The lowest BCUT2D eigenvalue weighted by molar-refractivity contribution is -0.604. The maximum Gasteiger partial charge on any atom is 0.416 e. The summed E-state index contributed by atoms with van der Waals surface area (Å²) in [4.78, 5) is 12.7. The first-order valence-corrected chi connectivity index (χ1v) is 9.03. The SMILES string of the molecule is O=C(NCc1cccc(C(F)(F)F)c1)c1c[n+]([O-])cc2c1cnn2-c1ccc(F)cc1. The summed E-state index contributed by atoms with van der Waals surface area (Å²) in [6.45, 7) is -0.163. The molecule has 0 spiro atoms. The monoisotopic (exact) mass is 430 g/mol. The molecule has 10 heteroatoms. The average molecular weight is 430 g/mol. The highest BCUT2D eigenvalue weighted by Crippen LogP contribution is 2.29. The molecule has 4 aromatic rings. The van der Waals surface area contributed by atoms with Crippen LogP contribution in [0, 0.1) is 11.0 Å². The minimum Gasteiger partial charge on any atom is -0.619 e. The van der Waals surface area contributed by atoms with Gasteiger partial charge in [0.25, 0.3) is 5.91 Å². The van der Waals surface area contributed by atoms with E-state index in [1.165, 1.54) is 53.5 Å². The van der Waals surface area contributed by atoms with Crippen molar-refractivity contribution >= 4 is 16.8 Å². The third-order valence-corrected chi connectivity index (χ3v) is 4.63. The molecular weight excluding hydrogens is 416 g/mol. The number of aromatic nitrogens is 3. The highest BCUT2D eigenvalue weighted by molar-refractivity contribution is 6.05. The molecule has 2 aromatic heterocycles. The molecule has 0 saturated carbocycles. The van der Waals surface area contributed by atoms with Gasteiger partial charge in [-0.3, -0.25) is 4.79 Å². The summed E-state index contributed by atoms with van der Waals surface area (Å²) in [6.07, 6.45) is -0.831. The van der Waals surface area contributed by atoms with Gasteiger partial charge in [0.15, 0.2) is 6.20 Å². The first-order valence-electron chi connectivity index (χ1n) is 9.03. The second kappa shape index (κ2) is 7.71. The van der Waals surface area contributed by atoms with Crippen LogP contribution in [0.4, 0.5) is 17.6 Å². The van der Waals surface area contributed by atoms with Crippen LogP contribution in [0.3, 0.4) is 0 Å². The molecule has 0 fully saturated rings. The fraction of sp³-hybridized carbons (Fsp3) is 0.0952. The number of carbonyl (C=O) groups is 1. The number of carbonyl (C=O) groups excluding carboxylic acids is 1. The van der Waals surface area contributed by atoms with Gasteiger partial charge in [0, 0.05) is 11.9 Å². The summed E-state index contributed by atoms with van der Waals surface area (Å²) < 4.78 is 53.6. The lowest BCUT2D eigenvalue weighted by Crippen LogP contribution is -2.30. The van der Waals surface area contributed by atoms with Crippen LogP contribution in [0.1, 0.15) is 21.5 Å². The zero-order valence-electron chi connectivity index (χ0n) is 15.7. The summed E-state index contributed by atoms with van der Waals surface area (Å²) in [5, 5.41) is 19.1. The van der Waals surface area contributed by atoms with E-state index < -0.39 is 23.5 Å². The molecule has 2 heterocycles. The van der Waals surface area contributed by atoms with Crippen LogP contribution >= 0.6 is 0 Å². The van der Waals surface area contributed by atoms with Crippen molar-refractivity contribution < 1.29 is 27.1 Å². The van der Waals surface area contributed by atoms with E-state index in [1.807, 2.05) is 0 Å². The number of halogens is 4. The number of benzene rings is 2. The highest BCUT2D eigenvalue weighted by Gasteiger charge is 2.30. The normalized spacial score (nSPS) is 11.6. The number of rotatable bonds is 4. The van der Waals surface area contributed by atoms with Crippen LogP contribution in [0.15, 0.2) is 67.1 Å². The van der Waals surface area contributed by atoms with Gasteiger partial charge >= 0.3 is 6.18 Å². The molecule has 1 N–H and O–H groups in total. The van der Waals surface area contributed by atoms with E-state index in [2.05, 4.69) is 10.4 Å². The summed E-state index contributed by atoms with van der Waals surface area (Å²) in [5.74, 6) is -1.08. The predicted molar refractivity (Wildman–Crippen MR) is 103 cm³/mol. The van der Waals surface area contributed by atoms with Gasteiger partial charge in [0.1, 0.15) is 16.9 Å². The van der Waals surface area contributed by atoms with Gasteiger partial charge in [-0.2, -0.15) is 23.0 Å². The van der Waals surface area contributed by atoms with Crippen molar-refractivity contribution in [1.29, 1.82) is 0 Å². The molecule has 0 aliphatic heterocycles. The Morgan fingerprint density at radius 2 is 1.87 bits per heavy atom. The van der Waals surface area contributed by atoms with E-state index in [0.717, 1.165) is 18.3 Å². The second-order valence-corrected chi connectivity index (χ2v) is 6.74. The first kappa shape index (κ1) is 20.3. The molecule has 1 amide bonds. The molecule has 4 rings (SSSR count). The van der Waals surface area contributed by atoms with Crippen molar-refractivity contribution in [3.8, 4) is 5.69 Å². The van der Waals surface area contributed by atoms with Gasteiger partial charge in [0.05, 0.1) is 17.4 Å². The number of pyridine rings is 1. The zero-order chi connectivity index (χ0) is 22.2. The maximum atomic E-state index is 13.2. The minimum atomic E-state index is -4.49. The summed E-state index contributed by atoms with van der Waals surface area (Å²) in [6, 6.07) is 10.0. The molecular formula is C21H14F4N4O2. The average Bonchev–Trinajstić information content (AvgIpc) is 3.15. The van der Waals surface area contributed by atoms with Gasteiger partial charge in [0.2, 0.25) is 6.20 Å². The van der Waals surface area contributed by atoms with E-state index in [9.17, 15) is 27.6 Å². The molecule has 6 nitrogen and oxygen atoms in total. The number of fused-ring (bicyclic) bond motifs is 1. The third-order valence-electron chi connectivity index (χ3n) is 4.63. The molecule has 158 valence electrons. The standard InChI is InChI=1S/C21H14F4N4O2/c22-15-4-6-16(7-5-15)29-19-12-28(31)11-18(17(19)10-27-29)20(30)26-9-13-2-1-3-14(8-13)21(23,24)25/h1-8,10-12H,9H2,(H,26,30). The van der Waals surface area contributed by atoms with Gasteiger partial charge in [-0.05, 0) is 42.0 Å². The Kier molecular flexibility index (Phi) is 5.05. The van der Waals surface area contributed by atoms with Crippen LogP contribution in [0.25, 0.3) is 16.6 Å².